The Balaban J connectivity index is 1.68. The first-order valence-electron chi connectivity index (χ1n) is 6.58. The molecule has 3 nitrogen and oxygen atoms in total. The van der Waals surface area contributed by atoms with E-state index in [0.717, 1.165) is 18.7 Å². The lowest BCUT2D eigenvalue weighted by Gasteiger charge is -2.28. The lowest BCUT2D eigenvalue weighted by Crippen LogP contribution is -2.29. The van der Waals surface area contributed by atoms with Gasteiger partial charge in [0.1, 0.15) is 0 Å². The molecule has 0 saturated heterocycles. The topological polar surface area (TPSA) is 21.1 Å². The second kappa shape index (κ2) is 4.93. The van der Waals surface area contributed by atoms with Crippen molar-refractivity contribution in [2.24, 2.45) is 0 Å². The number of aromatic nitrogens is 2. The molecule has 100 valence electrons. The van der Waals surface area contributed by atoms with Crippen LogP contribution in [0.2, 0.25) is 0 Å². The number of allylic oxidation sites excluding steroid dienone is 5. The summed E-state index contributed by atoms with van der Waals surface area (Å²) < 4.78 is 2.04. The van der Waals surface area contributed by atoms with Crippen LogP contribution in [0.4, 0.5) is 0 Å². The highest BCUT2D eigenvalue weighted by atomic mass is 32.2. The summed E-state index contributed by atoms with van der Waals surface area (Å²) in [6.07, 6.45) is 15.1. The number of rotatable bonds is 3. The molecule has 1 atom stereocenters. The molecule has 19 heavy (non-hydrogen) atoms. The van der Waals surface area contributed by atoms with E-state index in [1.807, 2.05) is 34.9 Å². The molecule has 0 amide bonds. The van der Waals surface area contributed by atoms with Crippen LogP contribution in [-0.2, 0) is 5.54 Å². The Morgan fingerprint density at radius 2 is 2.37 bits per heavy atom. The first-order valence-corrected chi connectivity index (χ1v) is 7.56. The highest BCUT2D eigenvalue weighted by Gasteiger charge is 2.25. The lowest BCUT2D eigenvalue weighted by atomic mass is 9.90. The molecule has 1 aromatic heterocycles. The quantitative estimate of drug-likeness (QED) is 0.842. The van der Waals surface area contributed by atoms with Crippen LogP contribution in [-0.4, -0.2) is 27.6 Å². The van der Waals surface area contributed by atoms with Crippen molar-refractivity contribution in [3.05, 3.63) is 53.4 Å². The van der Waals surface area contributed by atoms with Crippen LogP contribution in [0.3, 0.4) is 0 Å². The predicted octanol–water partition coefficient (Wildman–Crippen LogP) is 3.35. The molecule has 0 saturated carbocycles. The van der Waals surface area contributed by atoms with E-state index in [0.29, 0.717) is 0 Å². The smallest absolute Gasteiger partial charge is 0.0816 e. The lowest BCUT2D eigenvalue weighted by molar-refractivity contribution is 0.368. The third-order valence-electron chi connectivity index (χ3n) is 3.66. The van der Waals surface area contributed by atoms with E-state index in [1.165, 1.54) is 10.5 Å². The van der Waals surface area contributed by atoms with Crippen LogP contribution in [0.25, 0.3) is 0 Å². The molecule has 0 spiro atoms. The Kier molecular flexibility index (Phi) is 3.27. The van der Waals surface area contributed by atoms with Crippen LogP contribution in [0, 0.1) is 0 Å². The van der Waals surface area contributed by atoms with E-state index in [2.05, 4.69) is 48.4 Å². The van der Waals surface area contributed by atoms with Crippen LogP contribution in [0.5, 0.6) is 0 Å². The highest BCUT2D eigenvalue weighted by Crippen LogP contribution is 2.34. The molecule has 0 fully saturated rings. The summed E-state index contributed by atoms with van der Waals surface area (Å²) in [5, 5.41) is 4.36. The summed E-state index contributed by atoms with van der Waals surface area (Å²) in [7, 11) is 2.12. The van der Waals surface area contributed by atoms with Gasteiger partial charge in [0.15, 0.2) is 0 Å². The normalized spacial score (nSPS) is 26.5. The van der Waals surface area contributed by atoms with E-state index < -0.39 is 0 Å². The maximum atomic E-state index is 4.36. The van der Waals surface area contributed by atoms with Crippen molar-refractivity contribution in [1.82, 2.24) is 14.7 Å². The summed E-state index contributed by atoms with van der Waals surface area (Å²) in [5.74, 6) is 1.08. The zero-order valence-corrected chi connectivity index (χ0v) is 12.2. The maximum Gasteiger partial charge on any atom is 0.0816 e. The maximum absolute atomic E-state index is 4.36. The van der Waals surface area contributed by atoms with E-state index in [-0.39, 0.29) is 5.54 Å². The van der Waals surface area contributed by atoms with Gasteiger partial charge in [-0.15, -0.1) is 11.8 Å². The van der Waals surface area contributed by atoms with Crippen LogP contribution in [0.15, 0.2) is 53.4 Å². The Morgan fingerprint density at radius 1 is 1.47 bits per heavy atom. The van der Waals surface area contributed by atoms with Gasteiger partial charge in [0.25, 0.3) is 0 Å². The molecule has 0 aromatic carbocycles. The molecule has 3 rings (SSSR count). The predicted molar refractivity (Wildman–Crippen MR) is 80.6 cm³/mol. The van der Waals surface area contributed by atoms with Crippen molar-refractivity contribution >= 4 is 11.8 Å². The van der Waals surface area contributed by atoms with Gasteiger partial charge < -0.3 is 4.90 Å². The first-order chi connectivity index (χ1) is 9.16. The Hall–Kier alpha value is -1.42. The molecule has 1 unspecified atom stereocenters. The number of hydrogen-bond acceptors (Lipinski definition) is 3. The van der Waals surface area contributed by atoms with Gasteiger partial charge in [-0.3, -0.25) is 4.68 Å². The van der Waals surface area contributed by atoms with E-state index >= 15 is 0 Å². The fourth-order valence-electron chi connectivity index (χ4n) is 2.44. The van der Waals surface area contributed by atoms with Crippen molar-refractivity contribution in [2.45, 2.75) is 25.3 Å². The Morgan fingerprint density at radius 3 is 2.95 bits per heavy atom. The third kappa shape index (κ3) is 2.63. The fraction of sp³-hybridized carbons (Fsp3) is 0.400. The minimum Gasteiger partial charge on any atom is -0.370 e. The van der Waals surface area contributed by atoms with Gasteiger partial charge in [-0.05, 0) is 25.0 Å². The average molecular weight is 273 g/mol. The molecule has 0 radical (unpaired) electrons. The average Bonchev–Trinajstić information content (AvgIpc) is 3.04. The molecule has 4 heteroatoms. The number of nitrogens with zero attached hydrogens (tertiary/aromatic N) is 3. The van der Waals surface area contributed by atoms with Crippen LogP contribution >= 0.6 is 11.8 Å². The summed E-state index contributed by atoms with van der Waals surface area (Å²) in [5.41, 5.74) is 1.40. The van der Waals surface area contributed by atoms with Crippen LogP contribution < -0.4 is 0 Å². The summed E-state index contributed by atoms with van der Waals surface area (Å²) in [4.78, 5) is 3.70. The van der Waals surface area contributed by atoms with Crippen LogP contribution in [0.1, 0.15) is 19.8 Å². The zero-order chi connectivity index (χ0) is 13.3. The molecule has 1 aliphatic heterocycles. The van der Waals surface area contributed by atoms with Crippen molar-refractivity contribution in [3.8, 4) is 0 Å². The van der Waals surface area contributed by atoms with Crippen molar-refractivity contribution in [1.29, 1.82) is 0 Å². The monoisotopic (exact) mass is 273 g/mol. The largest absolute Gasteiger partial charge is 0.370 e. The fourth-order valence-corrected chi connectivity index (χ4v) is 3.40. The van der Waals surface area contributed by atoms with Gasteiger partial charge in [0.05, 0.1) is 11.4 Å². The van der Waals surface area contributed by atoms with E-state index in [1.54, 1.807) is 0 Å². The van der Waals surface area contributed by atoms with Gasteiger partial charge in [0, 0.05) is 37.0 Å². The molecule has 2 aliphatic rings. The van der Waals surface area contributed by atoms with E-state index in [4.69, 9.17) is 0 Å². The van der Waals surface area contributed by atoms with Gasteiger partial charge >= 0.3 is 0 Å². The van der Waals surface area contributed by atoms with Crippen molar-refractivity contribution < 1.29 is 0 Å². The molecule has 0 N–H and O–H groups in total. The first kappa shape index (κ1) is 12.6. The summed E-state index contributed by atoms with van der Waals surface area (Å²) in [6, 6.07) is 1.98. The van der Waals surface area contributed by atoms with Gasteiger partial charge in [-0.25, -0.2) is 0 Å². The number of hydrogen-bond donors (Lipinski definition) is 0. The summed E-state index contributed by atoms with van der Waals surface area (Å²) in [6.45, 7) is 2.22. The molecular formula is C15H19N3S. The van der Waals surface area contributed by atoms with Crippen molar-refractivity contribution in [3.63, 3.8) is 0 Å². The van der Waals surface area contributed by atoms with Gasteiger partial charge in [-0.1, -0.05) is 18.2 Å². The molecule has 0 bridgehead atoms. The second-order valence-electron chi connectivity index (χ2n) is 5.43. The minimum atomic E-state index is -0.0129. The van der Waals surface area contributed by atoms with Gasteiger partial charge in [0.2, 0.25) is 0 Å². The molecule has 1 aromatic rings. The van der Waals surface area contributed by atoms with Crippen molar-refractivity contribution in [2.75, 3.05) is 12.9 Å². The minimum absolute atomic E-state index is 0.0129. The van der Waals surface area contributed by atoms with E-state index in [9.17, 15) is 0 Å². The highest BCUT2D eigenvalue weighted by molar-refractivity contribution is 8.03. The molecular weight excluding hydrogens is 254 g/mol. The Labute approximate surface area is 118 Å². The Bertz CT molecular complexity index is 542. The third-order valence-corrected chi connectivity index (χ3v) is 4.81. The summed E-state index contributed by atoms with van der Waals surface area (Å²) >= 11 is 1.94. The zero-order valence-electron chi connectivity index (χ0n) is 11.4. The number of thioether (sulfide) groups is 1. The molecule has 2 heterocycles. The standard InChI is InChI=1S/C15H19N3S/c1-15(18-9-3-8-16-18)6-4-13(5-7-15)10-14-11-17(2)12-19-14/h3-6,8-9,11H,7,10,12H2,1-2H3. The second-order valence-corrected chi connectivity index (χ2v) is 6.50. The molecule has 1 aliphatic carbocycles. The van der Waals surface area contributed by atoms with Gasteiger partial charge in [-0.2, -0.15) is 5.10 Å². The SMILES string of the molecule is CN1C=C(CC2=CCC(C)(n3cccn3)C=C2)SC1.